The Labute approximate surface area is 204 Å². The number of benzene rings is 3. The number of halogens is 1. The molecule has 4 rings (SSSR count). The fourth-order valence-corrected chi connectivity index (χ4v) is 4.24. The summed E-state index contributed by atoms with van der Waals surface area (Å²) in [4.78, 5) is 4.64. The minimum Gasteiger partial charge on any atom is -0.388 e. The lowest BCUT2D eigenvalue weighted by Crippen LogP contribution is -2.20. The fourth-order valence-electron chi connectivity index (χ4n) is 4.07. The average Bonchev–Trinajstić information content (AvgIpc) is 2.82. The molecule has 3 N–H and O–H groups in total. The standard InChI is InChI=1S/C29H28ClNO3/c1-29(2,34)25-9-4-3-8-24(25)28(33)18-27(32)21-7-5-6-19(16-21)10-14-23-15-12-20-11-13-22(30)17-26(20)31-23/h3-17,27-28,32-34H,18H2,1-2H3/b14-10+. The van der Waals surface area contributed by atoms with Gasteiger partial charge in [0.25, 0.3) is 0 Å². The van der Waals surface area contributed by atoms with E-state index in [0.29, 0.717) is 21.7 Å². The minimum absolute atomic E-state index is 0.118. The molecular weight excluding hydrogens is 446 g/mol. The molecule has 0 aliphatic carbocycles. The lowest BCUT2D eigenvalue weighted by Gasteiger charge is -2.25. The molecule has 174 valence electrons. The summed E-state index contributed by atoms with van der Waals surface area (Å²) < 4.78 is 0. The van der Waals surface area contributed by atoms with Gasteiger partial charge in [-0.25, -0.2) is 4.98 Å². The molecular formula is C29H28ClNO3. The largest absolute Gasteiger partial charge is 0.388 e. The third kappa shape index (κ3) is 5.72. The number of hydrogen-bond acceptors (Lipinski definition) is 4. The number of aliphatic hydroxyl groups excluding tert-OH is 2. The Kier molecular flexibility index (Phi) is 7.15. The van der Waals surface area contributed by atoms with Gasteiger partial charge in [0.05, 0.1) is 29.0 Å². The number of nitrogens with zero attached hydrogens (tertiary/aromatic N) is 1. The molecule has 0 spiro atoms. The average molecular weight is 474 g/mol. The molecule has 0 aliphatic rings. The highest BCUT2D eigenvalue weighted by molar-refractivity contribution is 6.31. The quantitative estimate of drug-likeness (QED) is 0.288. The van der Waals surface area contributed by atoms with Crippen LogP contribution in [0.25, 0.3) is 23.1 Å². The summed E-state index contributed by atoms with van der Waals surface area (Å²) >= 11 is 6.08. The summed E-state index contributed by atoms with van der Waals surface area (Å²) in [5.74, 6) is 0. The lowest BCUT2D eigenvalue weighted by molar-refractivity contribution is 0.0602. The van der Waals surface area contributed by atoms with Crippen LogP contribution in [-0.4, -0.2) is 20.3 Å². The molecule has 34 heavy (non-hydrogen) atoms. The van der Waals surface area contributed by atoms with Gasteiger partial charge in [0.15, 0.2) is 0 Å². The molecule has 1 heterocycles. The topological polar surface area (TPSA) is 73.6 Å². The van der Waals surface area contributed by atoms with Crippen LogP contribution in [0.5, 0.6) is 0 Å². The van der Waals surface area contributed by atoms with Gasteiger partial charge in [-0.3, -0.25) is 0 Å². The van der Waals surface area contributed by atoms with E-state index in [0.717, 1.165) is 22.2 Å². The maximum atomic E-state index is 10.8. The first-order valence-electron chi connectivity index (χ1n) is 11.2. The van der Waals surface area contributed by atoms with Crippen molar-refractivity contribution in [2.45, 2.75) is 38.1 Å². The van der Waals surface area contributed by atoms with E-state index in [1.54, 1.807) is 26.0 Å². The van der Waals surface area contributed by atoms with Crippen molar-refractivity contribution in [2.75, 3.05) is 0 Å². The van der Waals surface area contributed by atoms with Crippen molar-refractivity contribution in [1.29, 1.82) is 0 Å². The highest BCUT2D eigenvalue weighted by Crippen LogP contribution is 2.33. The first kappa shape index (κ1) is 24.1. The zero-order valence-electron chi connectivity index (χ0n) is 19.2. The van der Waals surface area contributed by atoms with Crippen LogP contribution in [0.3, 0.4) is 0 Å². The Morgan fingerprint density at radius 2 is 1.65 bits per heavy atom. The molecule has 0 fully saturated rings. The van der Waals surface area contributed by atoms with Gasteiger partial charge in [-0.1, -0.05) is 72.3 Å². The van der Waals surface area contributed by atoms with Gasteiger partial charge in [0.2, 0.25) is 0 Å². The van der Waals surface area contributed by atoms with Crippen molar-refractivity contribution in [1.82, 2.24) is 4.98 Å². The molecule has 2 unspecified atom stereocenters. The van der Waals surface area contributed by atoms with E-state index in [1.807, 2.05) is 78.9 Å². The second-order valence-corrected chi connectivity index (χ2v) is 9.43. The summed E-state index contributed by atoms with van der Waals surface area (Å²) in [6.07, 6.45) is 2.20. The van der Waals surface area contributed by atoms with Crippen molar-refractivity contribution in [2.24, 2.45) is 0 Å². The van der Waals surface area contributed by atoms with E-state index >= 15 is 0 Å². The summed E-state index contributed by atoms with van der Waals surface area (Å²) in [5.41, 5.74) is 3.44. The Bertz CT molecular complexity index is 1330. The predicted octanol–water partition coefficient (Wildman–Crippen LogP) is 6.44. The van der Waals surface area contributed by atoms with E-state index in [9.17, 15) is 15.3 Å². The Hall–Kier alpha value is -3.02. The SMILES string of the molecule is CC(C)(O)c1ccccc1C(O)CC(O)c1cccc(/C=C/c2ccc3ccc(Cl)cc3n2)c1. The number of pyridine rings is 1. The Balaban J connectivity index is 1.50. The monoisotopic (exact) mass is 473 g/mol. The van der Waals surface area contributed by atoms with Gasteiger partial charge < -0.3 is 15.3 Å². The predicted molar refractivity (Wildman–Crippen MR) is 138 cm³/mol. The number of hydrogen-bond donors (Lipinski definition) is 3. The summed E-state index contributed by atoms with van der Waals surface area (Å²) in [7, 11) is 0. The molecule has 0 aliphatic heterocycles. The zero-order valence-corrected chi connectivity index (χ0v) is 19.9. The highest BCUT2D eigenvalue weighted by atomic mass is 35.5. The molecule has 1 aromatic heterocycles. The Morgan fingerprint density at radius 3 is 2.44 bits per heavy atom. The van der Waals surface area contributed by atoms with E-state index in [-0.39, 0.29) is 6.42 Å². The molecule has 4 aromatic rings. The first-order valence-corrected chi connectivity index (χ1v) is 11.6. The van der Waals surface area contributed by atoms with Crippen molar-refractivity contribution in [3.63, 3.8) is 0 Å². The molecule has 0 amide bonds. The molecule has 0 saturated carbocycles. The van der Waals surface area contributed by atoms with E-state index in [2.05, 4.69) is 4.98 Å². The van der Waals surface area contributed by atoms with Gasteiger partial charge in [-0.15, -0.1) is 0 Å². The lowest BCUT2D eigenvalue weighted by atomic mass is 9.88. The van der Waals surface area contributed by atoms with Crippen LogP contribution in [0.2, 0.25) is 5.02 Å². The van der Waals surface area contributed by atoms with Gasteiger partial charge in [-0.05, 0) is 66.4 Å². The van der Waals surface area contributed by atoms with Crippen LogP contribution in [0, 0.1) is 0 Å². The van der Waals surface area contributed by atoms with Crippen LogP contribution in [-0.2, 0) is 5.60 Å². The summed E-state index contributed by atoms with van der Waals surface area (Å²) in [6.45, 7) is 3.37. The maximum Gasteiger partial charge on any atom is 0.0844 e. The molecule has 0 bridgehead atoms. The number of fused-ring (bicyclic) bond motifs is 1. The number of aliphatic hydroxyl groups is 3. The third-order valence-corrected chi connectivity index (χ3v) is 6.08. The molecule has 2 atom stereocenters. The van der Waals surface area contributed by atoms with Gasteiger partial charge >= 0.3 is 0 Å². The number of rotatable bonds is 7. The Morgan fingerprint density at radius 1 is 0.882 bits per heavy atom. The van der Waals surface area contributed by atoms with Gasteiger partial charge in [0, 0.05) is 16.8 Å². The van der Waals surface area contributed by atoms with Gasteiger partial charge in [-0.2, -0.15) is 0 Å². The van der Waals surface area contributed by atoms with Crippen molar-refractivity contribution < 1.29 is 15.3 Å². The second kappa shape index (κ2) is 10.1. The molecule has 0 saturated heterocycles. The smallest absolute Gasteiger partial charge is 0.0844 e. The third-order valence-electron chi connectivity index (χ3n) is 5.84. The molecule has 3 aromatic carbocycles. The van der Waals surface area contributed by atoms with Crippen molar-refractivity contribution in [3.05, 3.63) is 112 Å². The molecule has 4 nitrogen and oxygen atoms in total. The van der Waals surface area contributed by atoms with Crippen molar-refractivity contribution in [3.8, 4) is 0 Å². The first-order chi connectivity index (χ1) is 16.2. The molecule has 0 radical (unpaired) electrons. The highest BCUT2D eigenvalue weighted by Gasteiger charge is 2.24. The number of aromatic nitrogens is 1. The van der Waals surface area contributed by atoms with Crippen LogP contribution >= 0.6 is 11.6 Å². The van der Waals surface area contributed by atoms with Crippen LogP contribution in [0.15, 0.2) is 78.9 Å². The maximum absolute atomic E-state index is 10.8. The van der Waals surface area contributed by atoms with Crippen LogP contribution < -0.4 is 0 Å². The summed E-state index contributed by atoms with van der Waals surface area (Å²) in [5, 5.41) is 33.8. The van der Waals surface area contributed by atoms with E-state index in [1.165, 1.54) is 0 Å². The second-order valence-electron chi connectivity index (χ2n) is 8.99. The zero-order chi connectivity index (χ0) is 24.3. The van der Waals surface area contributed by atoms with E-state index < -0.39 is 17.8 Å². The van der Waals surface area contributed by atoms with Crippen LogP contribution in [0.1, 0.15) is 60.4 Å². The normalized spacial score (nSPS) is 13.9. The summed E-state index contributed by atoms with van der Waals surface area (Å²) in [6, 6.07) is 24.4. The molecule has 5 heteroatoms. The van der Waals surface area contributed by atoms with Crippen LogP contribution in [0.4, 0.5) is 0 Å². The van der Waals surface area contributed by atoms with E-state index in [4.69, 9.17) is 11.6 Å². The fraction of sp³-hybridized carbons (Fsp3) is 0.207. The van der Waals surface area contributed by atoms with Crippen molar-refractivity contribution >= 4 is 34.7 Å². The minimum atomic E-state index is -1.09. The van der Waals surface area contributed by atoms with Gasteiger partial charge in [0.1, 0.15) is 0 Å².